The van der Waals surface area contributed by atoms with Crippen LogP contribution in [-0.2, 0) is 0 Å². The zero-order chi connectivity index (χ0) is 22.4. The summed E-state index contributed by atoms with van der Waals surface area (Å²) in [6.07, 6.45) is 7.59. The van der Waals surface area contributed by atoms with Crippen molar-refractivity contribution in [2.24, 2.45) is 0 Å². The van der Waals surface area contributed by atoms with Gasteiger partial charge in [-0.3, -0.25) is 9.78 Å². The molecule has 0 amide bonds. The Morgan fingerprint density at radius 3 is 2.58 bits per heavy atom. The lowest BCUT2D eigenvalue weighted by Crippen LogP contribution is -2.47. The van der Waals surface area contributed by atoms with Crippen LogP contribution in [0.4, 0.5) is 5.95 Å². The van der Waals surface area contributed by atoms with Crippen LogP contribution in [0.5, 0.6) is 11.5 Å². The van der Waals surface area contributed by atoms with Crippen molar-refractivity contribution < 1.29 is 9.47 Å². The Hall–Kier alpha value is -3.40. The summed E-state index contributed by atoms with van der Waals surface area (Å²) < 4.78 is 11.7. The van der Waals surface area contributed by atoms with Crippen molar-refractivity contribution in [1.29, 1.82) is 0 Å². The number of rotatable bonds is 3. The van der Waals surface area contributed by atoms with Crippen LogP contribution < -0.4 is 25.6 Å². The van der Waals surface area contributed by atoms with Gasteiger partial charge in [0.1, 0.15) is 5.39 Å². The van der Waals surface area contributed by atoms with E-state index in [1.54, 1.807) is 18.2 Å². The lowest BCUT2D eigenvalue weighted by Gasteiger charge is -2.40. The van der Waals surface area contributed by atoms with Gasteiger partial charge >= 0.3 is 5.69 Å². The van der Waals surface area contributed by atoms with Crippen LogP contribution in [0.2, 0.25) is 0 Å². The molecule has 0 radical (unpaired) electrons. The third kappa shape index (κ3) is 3.64. The lowest BCUT2D eigenvalue weighted by atomic mass is 10.0. The van der Waals surface area contributed by atoms with Crippen molar-refractivity contribution >= 4 is 17.0 Å². The molecular formula is C23H26N6O4. The smallest absolute Gasteiger partial charge is 0.334 e. The number of ether oxygens (including phenoxy) is 2. The maximum absolute atomic E-state index is 13.1. The summed E-state index contributed by atoms with van der Waals surface area (Å²) in [6, 6.07) is 5.57. The van der Waals surface area contributed by atoms with Crippen molar-refractivity contribution in [3.8, 4) is 17.2 Å². The molecular weight excluding hydrogens is 424 g/mol. The number of piperidine rings is 2. The summed E-state index contributed by atoms with van der Waals surface area (Å²) >= 11 is 0. The van der Waals surface area contributed by atoms with Gasteiger partial charge in [0, 0.05) is 31.4 Å². The number of nitrogens with zero attached hydrogens (tertiary/aromatic N) is 5. The van der Waals surface area contributed by atoms with Crippen molar-refractivity contribution in [3.63, 3.8) is 0 Å². The van der Waals surface area contributed by atoms with Gasteiger partial charge in [-0.05, 0) is 50.9 Å². The first-order valence-corrected chi connectivity index (χ1v) is 11.6. The summed E-state index contributed by atoms with van der Waals surface area (Å²) in [5.74, 6) is 1.63. The molecule has 2 saturated heterocycles. The second-order valence-electron chi connectivity index (χ2n) is 8.86. The van der Waals surface area contributed by atoms with E-state index < -0.39 is 11.2 Å². The Kier molecular flexibility index (Phi) is 5.01. The van der Waals surface area contributed by atoms with Crippen LogP contribution in [-0.4, -0.2) is 63.4 Å². The summed E-state index contributed by atoms with van der Waals surface area (Å²) in [4.78, 5) is 42.5. The van der Waals surface area contributed by atoms with Gasteiger partial charge in [-0.1, -0.05) is 6.42 Å². The SMILES string of the molecule is O=c1[nH]c2nc(N3CCC(N4CCCCC4)CC3)ncc2c(=O)n1-c1ccc2c(c1)OCO2. The van der Waals surface area contributed by atoms with E-state index in [-0.39, 0.29) is 17.8 Å². The molecule has 3 aliphatic rings. The number of aromatic amines is 1. The van der Waals surface area contributed by atoms with Crippen LogP contribution in [0.3, 0.4) is 0 Å². The van der Waals surface area contributed by atoms with Gasteiger partial charge < -0.3 is 19.3 Å². The molecule has 3 aliphatic heterocycles. The summed E-state index contributed by atoms with van der Waals surface area (Å²) in [5, 5.41) is 0.263. The molecule has 10 heteroatoms. The monoisotopic (exact) mass is 450 g/mol. The van der Waals surface area contributed by atoms with E-state index in [0.29, 0.717) is 29.2 Å². The fourth-order valence-electron chi connectivity index (χ4n) is 5.12. The predicted octanol–water partition coefficient (Wildman–Crippen LogP) is 1.65. The molecule has 172 valence electrons. The number of hydrogen-bond donors (Lipinski definition) is 1. The lowest BCUT2D eigenvalue weighted by molar-refractivity contribution is 0.141. The Bertz CT molecular complexity index is 1300. The van der Waals surface area contributed by atoms with E-state index >= 15 is 0 Å². The van der Waals surface area contributed by atoms with Gasteiger partial charge in [-0.15, -0.1) is 0 Å². The molecule has 0 aliphatic carbocycles. The third-order valence-electron chi connectivity index (χ3n) is 6.91. The Morgan fingerprint density at radius 2 is 1.76 bits per heavy atom. The van der Waals surface area contributed by atoms with Crippen molar-refractivity contribution in [2.45, 2.75) is 38.1 Å². The van der Waals surface area contributed by atoms with Gasteiger partial charge in [-0.2, -0.15) is 4.98 Å². The molecule has 0 atom stereocenters. The number of likely N-dealkylation sites (tertiary alicyclic amines) is 1. The second-order valence-corrected chi connectivity index (χ2v) is 8.86. The molecule has 2 fully saturated rings. The summed E-state index contributed by atoms with van der Waals surface area (Å²) in [6.45, 7) is 4.26. The Morgan fingerprint density at radius 1 is 0.970 bits per heavy atom. The zero-order valence-corrected chi connectivity index (χ0v) is 18.3. The minimum atomic E-state index is -0.556. The number of hydrogen-bond acceptors (Lipinski definition) is 8. The Labute approximate surface area is 189 Å². The van der Waals surface area contributed by atoms with Crippen molar-refractivity contribution in [2.75, 3.05) is 37.9 Å². The number of aromatic nitrogens is 4. The summed E-state index contributed by atoms with van der Waals surface area (Å²) in [5.41, 5.74) is -0.371. The number of benzene rings is 1. The van der Waals surface area contributed by atoms with Gasteiger partial charge in [-0.25, -0.2) is 14.3 Å². The molecule has 33 heavy (non-hydrogen) atoms. The van der Waals surface area contributed by atoms with Crippen LogP contribution in [0.15, 0.2) is 34.0 Å². The first-order valence-electron chi connectivity index (χ1n) is 11.6. The van der Waals surface area contributed by atoms with E-state index in [0.717, 1.165) is 30.5 Å². The fourth-order valence-corrected chi connectivity index (χ4v) is 5.12. The summed E-state index contributed by atoms with van der Waals surface area (Å²) in [7, 11) is 0. The standard InChI is InChI=1S/C23H26N6O4/c30-21-17-13-24-22(28-10-6-15(7-11-28)27-8-2-1-3-9-27)25-20(17)26-23(31)29(21)16-4-5-18-19(12-16)33-14-32-18/h4-5,12-13,15H,1-3,6-11,14H2,(H,24,25,26,31). The van der Waals surface area contributed by atoms with Crippen LogP contribution >= 0.6 is 0 Å². The van der Waals surface area contributed by atoms with Gasteiger partial charge in [0.25, 0.3) is 5.56 Å². The van der Waals surface area contributed by atoms with E-state index in [1.807, 2.05) is 0 Å². The van der Waals surface area contributed by atoms with Gasteiger partial charge in [0.2, 0.25) is 12.7 Å². The topological polar surface area (TPSA) is 106 Å². The fraction of sp³-hybridized carbons (Fsp3) is 0.478. The Balaban J connectivity index is 1.27. The van der Waals surface area contributed by atoms with E-state index in [4.69, 9.17) is 9.47 Å². The van der Waals surface area contributed by atoms with E-state index in [9.17, 15) is 9.59 Å². The quantitative estimate of drug-likeness (QED) is 0.642. The third-order valence-corrected chi connectivity index (χ3v) is 6.91. The number of anilines is 1. The van der Waals surface area contributed by atoms with Crippen LogP contribution in [0.25, 0.3) is 16.7 Å². The van der Waals surface area contributed by atoms with Crippen molar-refractivity contribution in [1.82, 2.24) is 24.4 Å². The van der Waals surface area contributed by atoms with E-state index in [1.165, 1.54) is 38.5 Å². The average Bonchev–Trinajstić information content (AvgIpc) is 3.32. The van der Waals surface area contributed by atoms with E-state index in [2.05, 4.69) is 24.8 Å². The minimum Gasteiger partial charge on any atom is -0.454 e. The second kappa shape index (κ2) is 8.18. The molecule has 0 bridgehead atoms. The van der Waals surface area contributed by atoms with Crippen LogP contribution in [0, 0.1) is 0 Å². The highest BCUT2D eigenvalue weighted by Crippen LogP contribution is 2.33. The maximum atomic E-state index is 13.1. The van der Waals surface area contributed by atoms with Gasteiger partial charge in [0.15, 0.2) is 17.1 Å². The number of H-pyrrole nitrogens is 1. The van der Waals surface area contributed by atoms with Crippen LogP contribution in [0.1, 0.15) is 32.1 Å². The largest absolute Gasteiger partial charge is 0.454 e. The highest BCUT2D eigenvalue weighted by Gasteiger charge is 2.27. The molecule has 0 spiro atoms. The highest BCUT2D eigenvalue weighted by molar-refractivity contribution is 5.74. The molecule has 2 aromatic heterocycles. The normalized spacial score (nSPS) is 19.3. The maximum Gasteiger partial charge on any atom is 0.334 e. The first-order chi connectivity index (χ1) is 16.2. The zero-order valence-electron chi connectivity index (χ0n) is 18.3. The first kappa shape index (κ1) is 20.2. The predicted molar refractivity (Wildman–Crippen MR) is 123 cm³/mol. The molecule has 6 rings (SSSR count). The highest BCUT2D eigenvalue weighted by atomic mass is 16.7. The van der Waals surface area contributed by atoms with Crippen molar-refractivity contribution in [3.05, 3.63) is 45.2 Å². The molecule has 5 heterocycles. The number of nitrogens with one attached hydrogen (secondary N) is 1. The molecule has 0 unspecified atom stereocenters. The molecule has 1 aromatic carbocycles. The molecule has 10 nitrogen and oxygen atoms in total. The molecule has 0 saturated carbocycles. The average molecular weight is 450 g/mol. The molecule has 1 N–H and O–H groups in total. The minimum absolute atomic E-state index is 0.119. The molecule has 3 aromatic rings. The van der Waals surface area contributed by atoms with Gasteiger partial charge in [0.05, 0.1) is 5.69 Å². The number of fused-ring (bicyclic) bond motifs is 2.